The van der Waals surface area contributed by atoms with Crippen LogP contribution in [0.1, 0.15) is 18.4 Å². The second-order valence-corrected chi connectivity index (χ2v) is 5.65. The van der Waals surface area contributed by atoms with Crippen LogP contribution in [0.5, 0.6) is 0 Å². The van der Waals surface area contributed by atoms with E-state index >= 15 is 0 Å². The van der Waals surface area contributed by atoms with Crippen molar-refractivity contribution < 1.29 is 18.4 Å². The average molecular weight is 325 g/mol. The quantitative estimate of drug-likeness (QED) is 0.842. The van der Waals surface area contributed by atoms with Gasteiger partial charge in [0.15, 0.2) is 11.6 Å². The Morgan fingerprint density at radius 2 is 2.13 bits per heavy atom. The summed E-state index contributed by atoms with van der Waals surface area (Å²) in [5.41, 5.74) is 5.38. The fourth-order valence-corrected chi connectivity index (χ4v) is 2.72. The van der Waals surface area contributed by atoms with Crippen LogP contribution in [0.4, 0.5) is 8.78 Å². The minimum absolute atomic E-state index is 0.0321. The second kappa shape index (κ2) is 8.01. The van der Waals surface area contributed by atoms with Gasteiger partial charge in [-0.1, -0.05) is 12.1 Å². The highest BCUT2D eigenvalue weighted by molar-refractivity contribution is 5.82. The van der Waals surface area contributed by atoms with Gasteiger partial charge in [-0.2, -0.15) is 0 Å². The first-order chi connectivity index (χ1) is 11.0. The van der Waals surface area contributed by atoms with Crippen molar-refractivity contribution in [2.45, 2.75) is 19.3 Å². The van der Waals surface area contributed by atoms with E-state index in [4.69, 9.17) is 5.73 Å². The van der Waals surface area contributed by atoms with Crippen molar-refractivity contribution >= 4 is 11.8 Å². The molecule has 1 atom stereocenters. The van der Waals surface area contributed by atoms with E-state index in [0.717, 1.165) is 6.07 Å². The van der Waals surface area contributed by atoms with E-state index in [0.29, 0.717) is 39.0 Å². The van der Waals surface area contributed by atoms with E-state index in [1.807, 2.05) is 0 Å². The molecule has 2 rings (SSSR count). The highest BCUT2D eigenvalue weighted by Crippen LogP contribution is 2.19. The standard InChI is InChI=1S/C16H21F2N3O2/c17-13-5-1-3-11(15(13)18)9-14(22)21-8-2-4-12(10-21)16(23)20-7-6-19/h1,3,5,12H,2,4,6-10,19H2,(H,20,23). The van der Waals surface area contributed by atoms with Crippen LogP contribution in [0.15, 0.2) is 18.2 Å². The molecule has 1 unspecified atom stereocenters. The van der Waals surface area contributed by atoms with Crippen LogP contribution < -0.4 is 11.1 Å². The molecule has 0 aromatic heterocycles. The Labute approximate surface area is 133 Å². The number of hydrogen-bond donors (Lipinski definition) is 2. The van der Waals surface area contributed by atoms with Crippen LogP contribution in [-0.4, -0.2) is 42.9 Å². The third-order valence-corrected chi connectivity index (χ3v) is 3.96. The topological polar surface area (TPSA) is 75.4 Å². The average Bonchev–Trinajstić information content (AvgIpc) is 2.57. The maximum atomic E-state index is 13.7. The molecule has 0 spiro atoms. The van der Waals surface area contributed by atoms with Crippen molar-refractivity contribution in [1.29, 1.82) is 0 Å². The maximum absolute atomic E-state index is 13.7. The molecular formula is C16H21F2N3O2. The Morgan fingerprint density at radius 3 is 2.87 bits per heavy atom. The number of piperidine rings is 1. The lowest BCUT2D eigenvalue weighted by molar-refractivity contribution is -0.135. The van der Waals surface area contributed by atoms with Crippen molar-refractivity contribution in [3.8, 4) is 0 Å². The molecular weight excluding hydrogens is 304 g/mol. The smallest absolute Gasteiger partial charge is 0.227 e. The van der Waals surface area contributed by atoms with Crippen molar-refractivity contribution in [3.05, 3.63) is 35.4 Å². The number of halogens is 2. The van der Waals surface area contributed by atoms with Gasteiger partial charge in [0.05, 0.1) is 12.3 Å². The first kappa shape index (κ1) is 17.3. The summed E-state index contributed by atoms with van der Waals surface area (Å²) in [7, 11) is 0. The van der Waals surface area contributed by atoms with E-state index in [1.165, 1.54) is 12.1 Å². The lowest BCUT2D eigenvalue weighted by Gasteiger charge is -2.32. The summed E-state index contributed by atoms with van der Waals surface area (Å²) in [4.78, 5) is 25.8. The van der Waals surface area contributed by atoms with Crippen LogP contribution in [0.2, 0.25) is 0 Å². The van der Waals surface area contributed by atoms with Crippen molar-refractivity contribution in [2.75, 3.05) is 26.2 Å². The molecule has 1 fully saturated rings. The van der Waals surface area contributed by atoms with Crippen molar-refractivity contribution in [1.82, 2.24) is 10.2 Å². The van der Waals surface area contributed by atoms with Crippen LogP contribution >= 0.6 is 0 Å². The molecule has 2 amide bonds. The number of nitrogens with zero attached hydrogens (tertiary/aromatic N) is 1. The van der Waals surface area contributed by atoms with Gasteiger partial charge in [-0.05, 0) is 18.9 Å². The highest BCUT2D eigenvalue weighted by atomic mass is 19.2. The number of amides is 2. The van der Waals surface area contributed by atoms with E-state index < -0.39 is 11.6 Å². The summed E-state index contributed by atoms with van der Waals surface area (Å²) in [6.07, 6.45) is 1.20. The molecule has 7 heteroatoms. The third kappa shape index (κ3) is 4.48. The van der Waals surface area contributed by atoms with Gasteiger partial charge >= 0.3 is 0 Å². The van der Waals surface area contributed by atoms with Crippen LogP contribution in [0.3, 0.4) is 0 Å². The zero-order chi connectivity index (χ0) is 16.8. The van der Waals surface area contributed by atoms with Gasteiger partial charge in [0.2, 0.25) is 11.8 Å². The number of carbonyl (C=O) groups excluding carboxylic acids is 2. The molecule has 1 aromatic rings. The highest BCUT2D eigenvalue weighted by Gasteiger charge is 2.28. The van der Waals surface area contributed by atoms with Gasteiger partial charge in [0.1, 0.15) is 0 Å². The predicted molar refractivity (Wildman–Crippen MR) is 81.4 cm³/mol. The summed E-state index contributed by atoms with van der Waals surface area (Å²) in [6.45, 7) is 1.58. The molecule has 126 valence electrons. The molecule has 1 aliphatic heterocycles. The Bertz CT molecular complexity index is 580. The third-order valence-electron chi connectivity index (χ3n) is 3.96. The van der Waals surface area contributed by atoms with Crippen molar-refractivity contribution in [3.63, 3.8) is 0 Å². The number of hydrogen-bond acceptors (Lipinski definition) is 3. The maximum Gasteiger partial charge on any atom is 0.227 e. The lowest BCUT2D eigenvalue weighted by atomic mass is 9.96. The van der Waals surface area contributed by atoms with Gasteiger partial charge in [0.25, 0.3) is 0 Å². The molecule has 0 saturated carbocycles. The molecule has 1 saturated heterocycles. The molecule has 23 heavy (non-hydrogen) atoms. The van der Waals surface area contributed by atoms with E-state index in [2.05, 4.69) is 5.32 Å². The summed E-state index contributed by atoms with van der Waals surface area (Å²) >= 11 is 0. The Hall–Kier alpha value is -2.02. The summed E-state index contributed by atoms with van der Waals surface area (Å²) in [5, 5.41) is 2.72. The van der Waals surface area contributed by atoms with Gasteiger partial charge in [-0.3, -0.25) is 9.59 Å². The molecule has 0 bridgehead atoms. The molecule has 3 N–H and O–H groups in total. The minimum Gasteiger partial charge on any atom is -0.355 e. The van der Waals surface area contributed by atoms with Gasteiger partial charge in [0, 0.05) is 31.7 Å². The molecule has 1 heterocycles. The lowest BCUT2D eigenvalue weighted by Crippen LogP contribution is -2.46. The molecule has 0 radical (unpaired) electrons. The Balaban J connectivity index is 1.96. The van der Waals surface area contributed by atoms with Gasteiger partial charge < -0.3 is 16.0 Å². The number of nitrogens with two attached hydrogens (primary N) is 1. The first-order valence-corrected chi connectivity index (χ1v) is 7.71. The van der Waals surface area contributed by atoms with E-state index in [1.54, 1.807) is 4.90 Å². The number of nitrogens with one attached hydrogen (secondary N) is 1. The first-order valence-electron chi connectivity index (χ1n) is 7.71. The molecule has 1 aliphatic rings. The van der Waals surface area contributed by atoms with Gasteiger partial charge in [-0.25, -0.2) is 8.78 Å². The number of carbonyl (C=O) groups is 2. The molecule has 0 aliphatic carbocycles. The zero-order valence-corrected chi connectivity index (χ0v) is 12.9. The van der Waals surface area contributed by atoms with Gasteiger partial charge in [-0.15, -0.1) is 0 Å². The van der Waals surface area contributed by atoms with Crippen LogP contribution in [-0.2, 0) is 16.0 Å². The van der Waals surface area contributed by atoms with E-state index in [9.17, 15) is 18.4 Å². The molecule has 5 nitrogen and oxygen atoms in total. The largest absolute Gasteiger partial charge is 0.355 e. The monoisotopic (exact) mass is 325 g/mol. The minimum atomic E-state index is -0.991. The fourth-order valence-electron chi connectivity index (χ4n) is 2.72. The number of rotatable bonds is 5. The summed E-state index contributed by atoms with van der Waals surface area (Å²) in [6, 6.07) is 3.79. The van der Waals surface area contributed by atoms with Crippen LogP contribution in [0.25, 0.3) is 0 Å². The Kier molecular flexibility index (Phi) is 6.04. The number of benzene rings is 1. The summed E-state index contributed by atoms with van der Waals surface area (Å²) in [5.74, 6) is -2.66. The van der Waals surface area contributed by atoms with Crippen LogP contribution in [0, 0.1) is 17.6 Å². The molecule has 1 aromatic carbocycles. The normalized spacial score (nSPS) is 17.9. The predicted octanol–water partition coefficient (Wildman–Crippen LogP) is 0.821. The van der Waals surface area contributed by atoms with Crippen molar-refractivity contribution in [2.24, 2.45) is 11.7 Å². The summed E-state index contributed by atoms with van der Waals surface area (Å²) < 4.78 is 26.8. The SMILES string of the molecule is NCCNC(=O)C1CCCN(C(=O)Cc2cccc(F)c2F)C1. The zero-order valence-electron chi connectivity index (χ0n) is 12.9. The van der Waals surface area contributed by atoms with E-state index in [-0.39, 0.29) is 29.7 Å². The fraction of sp³-hybridized carbons (Fsp3) is 0.500. The Morgan fingerprint density at radius 1 is 1.35 bits per heavy atom. The number of likely N-dealkylation sites (tertiary alicyclic amines) is 1. The second-order valence-electron chi connectivity index (χ2n) is 5.65.